The number of alkyl halides is 4. The number of benzene rings is 1. The molecule has 0 atom stereocenters. The van der Waals surface area contributed by atoms with Crippen LogP contribution >= 0.6 is 11.6 Å². The van der Waals surface area contributed by atoms with Crippen LogP contribution in [-0.2, 0) is 6.18 Å². The molecule has 1 N–H and O–H groups in total. The van der Waals surface area contributed by atoms with Gasteiger partial charge in [0.05, 0.1) is 11.1 Å². The van der Waals surface area contributed by atoms with Gasteiger partial charge in [0.1, 0.15) is 0 Å². The molecule has 0 aliphatic carbocycles. The summed E-state index contributed by atoms with van der Waals surface area (Å²) in [5.41, 5.74) is -2.12. The monoisotopic (exact) mass is 279 g/mol. The molecule has 1 amide bonds. The number of carbonyl (C=O) groups is 1. The van der Waals surface area contributed by atoms with Crippen LogP contribution in [0.25, 0.3) is 0 Å². The molecule has 0 radical (unpaired) electrons. The van der Waals surface area contributed by atoms with Gasteiger partial charge in [-0.25, -0.2) is 0 Å². The largest absolute Gasteiger partial charge is 0.417 e. The highest BCUT2D eigenvalue weighted by atomic mass is 35.5. The molecule has 1 rings (SSSR count). The van der Waals surface area contributed by atoms with Gasteiger partial charge in [0.15, 0.2) is 0 Å². The maximum Gasteiger partial charge on any atom is 0.417 e. The fourth-order valence-electron chi connectivity index (χ4n) is 1.34. The number of carbonyl (C=O) groups excluding carboxylic acids is 1. The first-order valence-corrected chi connectivity index (χ1v) is 5.75. The molecule has 18 heavy (non-hydrogen) atoms. The second kappa shape index (κ2) is 5.18. The molecule has 1 aromatic carbocycles. The summed E-state index contributed by atoms with van der Waals surface area (Å²) in [4.78, 5) is 11.8. The van der Waals surface area contributed by atoms with Crippen molar-refractivity contribution in [1.82, 2.24) is 5.32 Å². The van der Waals surface area contributed by atoms with Crippen LogP contribution in [0.5, 0.6) is 0 Å². The van der Waals surface area contributed by atoms with Crippen molar-refractivity contribution in [2.75, 3.05) is 5.88 Å². The zero-order valence-corrected chi connectivity index (χ0v) is 10.7. The maximum absolute atomic E-state index is 12.7. The Morgan fingerprint density at radius 2 is 1.83 bits per heavy atom. The lowest BCUT2D eigenvalue weighted by molar-refractivity contribution is -0.137. The Morgan fingerprint density at radius 1 is 1.28 bits per heavy atom. The Morgan fingerprint density at radius 3 is 2.33 bits per heavy atom. The van der Waals surface area contributed by atoms with Gasteiger partial charge in [0, 0.05) is 11.4 Å². The molecule has 0 fully saturated rings. The van der Waals surface area contributed by atoms with Gasteiger partial charge in [0.2, 0.25) is 0 Å². The predicted molar refractivity (Wildman–Crippen MR) is 63.7 cm³/mol. The van der Waals surface area contributed by atoms with Crippen LogP contribution in [0, 0.1) is 0 Å². The Balaban J connectivity index is 3.07. The maximum atomic E-state index is 12.7. The number of hydrogen-bond donors (Lipinski definition) is 1. The lowest BCUT2D eigenvalue weighted by Crippen LogP contribution is -2.45. The molecule has 0 aliphatic rings. The summed E-state index contributed by atoms with van der Waals surface area (Å²) < 4.78 is 38.2. The molecule has 0 saturated heterocycles. The lowest BCUT2D eigenvalue weighted by atomic mass is 10.0. The quantitative estimate of drug-likeness (QED) is 0.844. The van der Waals surface area contributed by atoms with Crippen molar-refractivity contribution < 1.29 is 18.0 Å². The molecule has 2 nitrogen and oxygen atoms in total. The second-order valence-electron chi connectivity index (χ2n) is 4.51. The third-order valence-corrected chi connectivity index (χ3v) is 2.93. The minimum absolute atomic E-state index is 0.104. The van der Waals surface area contributed by atoms with E-state index in [4.69, 9.17) is 11.6 Å². The molecule has 1 aromatic rings. The minimum Gasteiger partial charge on any atom is -0.346 e. The fourth-order valence-corrected chi connectivity index (χ4v) is 1.40. The van der Waals surface area contributed by atoms with Crippen LogP contribution < -0.4 is 5.32 Å². The van der Waals surface area contributed by atoms with Gasteiger partial charge in [-0.05, 0) is 26.0 Å². The molecule has 0 unspecified atom stereocenters. The molecular formula is C12H13ClF3NO. The normalized spacial score (nSPS) is 12.3. The van der Waals surface area contributed by atoms with E-state index in [1.54, 1.807) is 13.8 Å². The highest BCUT2D eigenvalue weighted by molar-refractivity contribution is 6.18. The van der Waals surface area contributed by atoms with E-state index in [-0.39, 0.29) is 5.88 Å². The van der Waals surface area contributed by atoms with Gasteiger partial charge in [-0.1, -0.05) is 12.1 Å². The summed E-state index contributed by atoms with van der Waals surface area (Å²) in [5.74, 6) is -0.680. The van der Waals surface area contributed by atoms with Crippen molar-refractivity contribution in [3.05, 3.63) is 35.4 Å². The second-order valence-corrected chi connectivity index (χ2v) is 4.78. The molecule has 100 valence electrons. The highest BCUT2D eigenvalue weighted by Crippen LogP contribution is 2.31. The van der Waals surface area contributed by atoms with Crippen molar-refractivity contribution in [1.29, 1.82) is 0 Å². The zero-order valence-electron chi connectivity index (χ0n) is 9.94. The number of halogens is 4. The SMILES string of the molecule is CC(C)(CCl)NC(=O)c1ccccc1C(F)(F)F. The summed E-state index contributed by atoms with van der Waals surface area (Å²) in [6.07, 6.45) is -4.56. The van der Waals surface area contributed by atoms with Gasteiger partial charge in [-0.2, -0.15) is 13.2 Å². The number of rotatable bonds is 3. The van der Waals surface area contributed by atoms with Gasteiger partial charge >= 0.3 is 6.18 Å². The van der Waals surface area contributed by atoms with Crippen molar-refractivity contribution in [3.63, 3.8) is 0 Å². The fraction of sp³-hybridized carbons (Fsp3) is 0.417. The standard InChI is InChI=1S/C12H13ClF3NO/c1-11(2,7-13)17-10(18)8-5-3-4-6-9(8)12(14,15)16/h3-6H,7H2,1-2H3,(H,17,18). The third-order valence-electron chi connectivity index (χ3n) is 2.26. The van der Waals surface area contributed by atoms with Crippen molar-refractivity contribution in [2.45, 2.75) is 25.6 Å². The van der Waals surface area contributed by atoms with Crippen LogP contribution in [0.15, 0.2) is 24.3 Å². The predicted octanol–water partition coefficient (Wildman–Crippen LogP) is 3.45. The van der Waals surface area contributed by atoms with Crippen molar-refractivity contribution >= 4 is 17.5 Å². The van der Waals surface area contributed by atoms with E-state index < -0.39 is 28.7 Å². The van der Waals surface area contributed by atoms with E-state index in [2.05, 4.69) is 5.32 Å². The van der Waals surface area contributed by atoms with Crippen LogP contribution in [0.1, 0.15) is 29.8 Å². The van der Waals surface area contributed by atoms with E-state index in [1.165, 1.54) is 12.1 Å². The number of nitrogens with one attached hydrogen (secondary N) is 1. The molecule has 0 aromatic heterocycles. The zero-order chi connectivity index (χ0) is 14.0. The summed E-state index contributed by atoms with van der Waals surface area (Å²) in [6.45, 7) is 3.27. The van der Waals surface area contributed by atoms with Gasteiger partial charge in [-0.3, -0.25) is 4.79 Å². The van der Waals surface area contributed by atoms with Crippen molar-refractivity contribution in [2.24, 2.45) is 0 Å². The highest BCUT2D eigenvalue weighted by Gasteiger charge is 2.35. The third kappa shape index (κ3) is 3.63. The summed E-state index contributed by atoms with van der Waals surface area (Å²) in [5, 5.41) is 2.46. The average molecular weight is 280 g/mol. The van der Waals surface area contributed by atoms with E-state index in [9.17, 15) is 18.0 Å². The molecule has 0 aliphatic heterocycles. The van der Waals surface area contributed by atoms with Crippen LogP contribution in [-0.4, -0.2) is 17.3 Å². The van der Waals surface area contributed by atoms with Crippen LogP contribution in [0.4, 0.5) is 13.2 Å². The molecule has 0 saturated carbocycles. The minimum atomic E-state index is -4.56. The van der Waals surface area contributed by atoms with Gasteiger partial charge in [-0.15, -0.1) is 11.6 Å². The lowest BCUT2D eigenvalue weighted by Gasteiger charge is -2.24. The van der Waals surface area contributed by atoms with E-state index >= 15 is 0 Å². The summed E-state index contributed by atoms with van der Waals surface area (Å²) >= 11 is 5.62. The first kappa shape index (κ1) is 14.8. The van der Waals surface area contributed by atoms with Crippen LogP contribution in [0.2, 0.25) is 0 Å². The Kier molecular flexibility index (Phi) is 4.27. The average Bonchev–Trinajstić information content (AvgIpc) is 2.27. The molecule has 6 heteroatoms. The topological polar surface area (TPSA) is 29.1 Å². The van der Waals surface area contributed by atoms with E-state index in [1.807, 2.05) is 0 Å². The smallest absolute Gasteiger partial charge is 0.346 e. The molecule has 0 spiro atoms. The van der Waals surface area contributed by atoms with Gasteiger partial charge in [0.25, 0.3) is 5.91 Å². The first-order chi connectivity index (χ1) is 8.17. The Labute approximate surface area is 108 Å². The Bertz CT molecular complexity index is 443. The van der Waals surface area contributed by atoms with Gasteiger partial charge < -0.3 is 5.32 Å². The summed E-state index contributed by atoms with van der Waals surface area (Å²) in [7, 11) is 0. The number of hydrogen-bond acceptors (Lipinski definition) is 1. The van der Waals surface area contributed by atoms with Crippen molar-refractivity contribution in [3.8, 4) is 0 Å². The first-order valence-electron chi connectivity index (χ1n) is 5.22. The molecule has 0 bridgehead atoms. The molecular weight excluding hydrogens is 267 g/mol. The van der Waals surface area contributed by atoms with Crippen LogP contribution in [0.3, 0.4) is 0 Å². The molecule has 0 heterocycles. The number of amides is 1. The Hall–Kier alpha value is -1.23. The summed E-state index contributed by atoms with van der Waals surface area (Å²) in [6, 6.07) is 4.65. The van der Waals surface area contributed by atoms with E-state index in [0.29, 0.717) is 0 Å². The van der Waals surface area contributed by atoms with E-state index in [0.717, 1.165) is 12.1 Å².